The molecule has 0 unspecified atom stereocenters. The summed E-state index contributed by atoms with van der Waals surface area (Å²) in [5.74, 6) is -0.727. The second kappa shape index (κ2) is 8.10. The van der Waals surface area contributed by atoms with E-state index in [1.165, 1.54) is 13.1 Å². The molecule has 5 nitrogen and oxygen atoms in total. The lowest BCUT2D eigenvalue weighted by Crippen LogP contribution is -2.40. The molecule has 0 aliphatic carbocycles. The van der Waals surface area contributed by atoms with Gasteiger partial charge in [0.25, 0.3) is 5.91 Å². The van der Waals surface area contributed by atoms with Gasteiger partial charge in [-0.3, -0.25) is 4.79 Å². The first-order valence-corrected chi connectivity index (χ1v) is 8.94. The molecule has 0 fully saturated rings. The molecule has 0 saturated heterocycles. The summed E-state index contributed by atoms with van der Waals surface area (Å²) in [4.78, 5) is 11.8. The molecule has 0 saturated carbocycles. The number of carbonyl (C=O) groups excluding carboxylic acids is 1. The summed E-state index contributed by atoms with van der Waals surface area (Å²) in [5, 5.41) is 0.535. The Hall–Kier alpha value is -2.15. The fourth-order valence-electron chi connectivity index (χ4n) is 1.95. The maximum atomic E-state index is 12.1. The number of nitrogens with one attached hydrogen (secondary N) is 1. The van der Waals surface area contributed by atoms with Crippen LogP contribution in [0.4, 0.5) is 0 Å². The number of hydrogen-bond acceptors (Lipinski definition) is 3. The number of rotatable bonds is 6. The number of benzene rings is 2. The standard InChI is InChI=1S/C17H17ClN2O3S/c1-20(13-15-6-3-2-4-7-15)24(22,23)19-17(21)11-10-14-8-5-9-16(18)12-14/h2-12H,13H2,1H3,(H,19,21)/b11-10+. The second-order valence-corrected chi connectivity index (χ2v) is 7.32. The smallest absolute Gasteiger partial charge is 0.269 e. The number of hydrogen-bond donors (Lipinski definition) is 1. The zero-order valence-corrected chi connectivity index (χ0v) is 14.6. The van der Waals surface area contributed by atoms with Crippen LogP contribution in [0.25, 0.3) is 6.08 Å². The molecular weight excluding hydrogens is 348 g/mol. The van der Waals surface area contributed by atoms with E-state index < -0.39 is 16.1 Å². The zero-order valence-electron chi connectivity index (χ0n) is 13.0. The van der Waals surface area contributed by atoms with Gasteiger partial charge in [-0.15, -0.1) is 0 Å². The van der Waals surface area contributed by atoms with Gasteiger partial charge in [-0.05, 0) is 29.3 Å². The molecule has 0 spiro atoms. The Kier molecular flexibility index (Phi) is 6.14. The first kappa shape index (κ1) is 18.2. The third-order valence-electron chi connectivity index (χ3n) is 3.16. The molecule has 1 N–H and O–H groups in total. The Morgan fingerprint density at radius 2 is 1.88 bits per heavy atom. The molecule has 2 aromatic carbocycles. The minimum Gasteiger partial charge on any atom is -0.269 e. The quantitative estimate of drug-likeness (QED) is 0.801. The first-order valence-electron chi connectivity index (χ1n) is 7.12. The van der Waals surface area contributed by atoms with Crippen molar-refractivity contribution in [3.63, 3.8) is 0 Å². The van der Waals surface area contributed by atoms with Crippen molar-refractivity contribution in [1.82, 2.24) is 9.03 Å². The lowest BCUT2D eigenvalue weighted by Gasteiger charge is -2.16. The van der Waals surface area contributed by atoms with Gasteiger partial charge in [0, 0.05) is 24.7 Å². The summed E-state index contributed by atoms with van der Waals surface area (Å²) in [6, 6.07) is 16.0. The molecule has 1 amide bonds. The summed E-state index contributed by atoms with van der Waals surface area (Å²) in [5.41, 5.74) is 1.53. The fourth-order valence-corrected chi connectivity index (χ4v) is 2.94. The predicted octanol–water partition coefficient (Wildman–Crippen LogP) is 2.85. The molecule has 0 aliphatic rings. The maximum Gasteiger partial charge on any atom is 0.304 e. The molecule has 2 aromatic rings. The highest BCUT2D eigenvalue weighted by Crippen LogP contribution is 2.12. The van der Waals surface area contributed by atoms with Gasteiger partial charge in [-0.25, -0.2) is 4.72 Å². The van der Waals surface area contributed by atoms with Crippen molar-refractivity contribution in [2.45, 2.75) is 6.54 Å². The average Bonchev–Trinajstić information content (AvgIpc) is 2.53. The van der Waals surface area contributed by atoms with Crippen LogP contribution in [0, 0.1) is 0 Å². The van der Waals surface area contributed by atoms with Gasteiger partial charge in [0.15, 0.2) is 0 Å². The van der Waals surface area contributed by atoms with Gasteiger partial charge in [0.2, 0.25) is 0 Å². The van der Waals surface area contributed by atoms with Crippen LogP contribution in [-0.2, 0) is 21.5 Å². The molecule has 0 atom stereocenters. The van der Waals surface area contributed by atoms with Crippen LogP contribution < -0.4 is 4.72 Å². The fraction of sp³-hybridized carbons (Fsp3) is 0.118. The molecule has 0 aliphatic heterocycles. The van der Waals surface area contributed by atoms with Gasteiger partial charge in [-0.2, -0.15) is 12.7 Å². The average molecular weight is 365 g/mol. The SMILES string of the molecule is CN(Cc1ccccc1)S(=O)(=O)NC(=O)/C=C/c1cccc(Cl)c1. The van der Waals surface area contributed by atoms with Crippen molar-refractivity contribution in [2.24, 2.45) is 0 Å². The van der Waals surface area contributed by atoms with E-state index in [-0.39, 0.29) is 6.54 Å². The van der Waals surface area contributed by atoms with Gasteiger partial charge >= 0.3 is 10.2 Å². The van der Waals surface area contributed by atoms with E-state index in [0.717, 1.165) is 15.9 Å². The zero-order chi connectivity index (χ0) is 17.6. The monoisotopic (exact) mass is 364 g/mol. The summed E-state index contributed by atoms with van der Waals surface area (Å²) >= 11 is 5.85. The summed E-state index contributed by atoms with van der Waals surface area (Å²) in [7, 11) is -2.51. The molecule has 0 aromatic heterocycles. The van der Waals surface area contributed by atoms with E-state index in [1.807, 2.05) is 35.1 Å². The Morgan fingerprint density at radius 1 is 1.17 bits per heavy atom. The van der Waals surface area contributed by atoms with Gasteiger partial charge in [0.05, 0.1) is 0 Å². The van der Waals surface area contributed by atoms with Crippen LogP contribution in [-0.4, -0.2) is 25.7 Å². The highest BCUT2D eigenvalue weighted by Gasteiger charge is 2.19. The second-order valence-electron chi connectivity index (χ2n) is 5.10. The molecule has 7 heteroatoms. The largest absolute Gasteiger partial charge is 0.304 e. The lowest BCUT2D eigenvalue weighted by atomic mass is 10.2. The van der Waals surface area contributed by atoms with E-state index in [2.05, 4.69) is 0 Å². The topological polar surface area (TPSA) is 66.5 Å². The molecule has 24 heavy (non-hydrogen) atoms. The van der Waals surface area contributed by atoms with Crippen molar-refractivity contribution in [3.05, 3.63) is 76.8 Å². The van der Waals surface area contributed by atoms with Crippen molar-refractivity contribution in [1.29, 1.82) is 0 Å². The highest BCUT2D eigenvalue weighted by atomic mass is 35.5. The van der Waals surface area contributed by atoms with E-state index >= 15 is 0 Å². The Balaban J connectivity index is 1.98. The van der Waals surface area contributed by atoms with E-state index in [0.29, 0.717) is 10.6 Å². The van der Waals surface area contributed by atoms with Crippen LogP contribution in [0.15, 0.2) is 60.7 Å². The normalized spacial score (nSPS) is 11.8. The first-order chi connectivity index (χ1) is 11.4. The third-order valence-corrected chi connectivity index (χ3v) is 4.81. The van der Waals surface area contributed by atoms with Crippen molar-refractivity contribution < 1.29 is 13.2 Å². The summed E-state index contributed by atoms with van der Waals surface area (Å²) < 4.78 is 27.4. The van der Waals surface area contributed by atoms with Crippen molar-refractivity contribution in [2.75, 3.05) is 7.05 Å². The Labute approximate surface area is 146 Å². The van der Waals surface area contributed by atoms with Crippen molar-refractivity contribution in [3.8, 4) is 0 Å². The maximum absolute atomic E-state index is 12.1. The van der Waals surface area contributed by atoms with E-state index in [4.69, 9.17) is 11.6 Å². The molecule has 0 bridgehead atoms. The van der Waals surface area contributed by atoms with E-state index in [9.17, 15) is 13.2 Å². The minimum absolute atomic E-state index is 0.168. The van der Waals surface area contributed by atoms with Crippen molar-refractivity contribution >= 4 is 33.8 Å². The number of nitrogens with zero attached hydrogens (tertiary/aromatic N) is 1. The van der Waals surface area contributed by atoms with Crippen LogP contribution in [0.5, 0.6) is 0 Å². The molecule has 126 valence electrons. The van der Waals surface area contributed by atoms with Crippen LogP contribution in [0.3, 0.4) is 0 Å². The summed E-state index contributed by atoms with van der Waals surface area (Å²) in [6.07, 6.45) is 2.65. The van der Waals surface area contributed by atoms with Gasteiger partial charge in [-0.1, -0.05) is 54.1 Å². The lowest BCUT2D eigenvalue weighted by molar-refractivity contribution is -0.114. The van der Waals surface area contributed by atoms with Gasteiger partial charge in [0.1, 0.15) is 0 Å². The van der Waals surface area contributed by atoms with Gasteiger partial charge < -0.3 is 0 Å². The Morgan fingerprint density at radius 3 is 2.54 bits per heavy atom. The third kappa shape index (κ3) is 5.49. The van der Waals surface area contributed by atoms with Crippen LogP contribution in [0.2, 0.25) is 5.02 Å². The van der Waals surface area contributed by atoms with E-state index in [1.54, 1.807) is 24.3 Å². The minimum atomic E-state index is -3.91. The number of carbonyl (C=O) groups is 1. The van der Waals surface area contributed by atoms with Crippen LogP contribution >= 0.6 is 11.6 Å². The number of halogens is 1. The van der Waals surface area contributed by atoms with Crippen LogP contribution in [0.1, 0.15) is 11.1 Å². The number of amides is 1. The molecule has 0 radical (unpaired) electrons. The molecule has 2 rings (SSSR count). The molecular formula is C17H17ClN2O3S. The molecule has 0 heterocycles. The highest BCUT2D eigenvalue weighted by molar-refractivity contribution is 7.87. The summed E-state index contributed by atoms with van der Waals surface area (Å²) in [6.45, 7) is 0.168. The Bertz CT molecular complexity index is 836. The predicted molar refractivity (Wildman–Crippen MR) is 95.5 cm³/mol.